The van der Waals surface area contributed by atoms with Crippen LogP contribution in [0.5, 0.6) is 0 Å². The van der Waals surface area contributed by atoms with Gasteiger partial charge in [-0.2, -0.15) is 5.10 Å². The van der Waals surface area contributed by atoms with E-state index in [0.29, 0.717) is 17.0 Å². The van der Waals surface area contributed by atoms with Crippen molar-refractivity contribution in [3.63, 3.8) is 0 Å². The van der Waals surface area contributed by atoms with E-state index in [4.69, 9.17) is 11.6 Å². The fourth-order valence-electron chi connectivity index (χ4n) is 2.15. The Hall–Kier alpha value is -0.650. The van der Waals surface area contributed by atoms with Gasteiger partial charge in [0.05, 0.1) is 22.3 Å². The molecule has 1 aromatic heterocycles. The molecule has 0 spiro atoms. The molecule has 0 aliphatic heterocycles. The van der Waals surface area contributed by atoms with Crippen molar-refractivity contribution in [2.75, 3.05) is 0 Å². The van der Waals surface area contributed by atoms with Gasteiger partial charge in [0.15, 0.2) is 5.78 Å². The van der Waals surface area contributed by atoms with E-state index < -0.39 is 0 Å². The van der Waals surface area contributed by atoms with Crippen LogP contribution >= 0.6 is 43.5 Å². The van der Waals surface area contributed by atoms with Crippen LogP contribution in [0.25, 0.3) is 0 Å². The summed E-state index contributed by atoms with van der Waals surface area (Å²) in [5.74, 6) is 0.0384. The number of nitrogens with zero attached hydrogens (tertiary/aromatic N) is 2. The number of ketones is 1. The fourth-order valence-corrected chi connectivity index (χ4v) is 3.76. The number of Topliss-reactive ketones (excluding diaryl/α,β-unsaturated/α-hetero) is 1. The summed E-state index contributed by atoms with van der Waals surface area (Å²) < 4.78 is 3.53. The summed E-state index contributed by atoms with van der Waals surface area (Å²) in [6, 6.07) is 5.21. The van der Waals surface area contributed by atoms with E-state index in [2.05, 4.69) is 43.9 Å². The van der Waals surface area contributed by atoms with Crippen molar-refractivity contribution in [1.29, 1.82) is 0 Å². The van der Waals surface area contributed by atoms with Crippen molar-refractivity contribution in [3.8, 4) is 0 Å². The molecule has 0 N–H and O–H groups in total. The van der Waals surface area contributed by atoms with Gasteiger partial charge in [-0.1, -0.05) is 18.5 Å². The summed E-state index contributed by atoms with van der Waals surface area (Å²) in [5.41, 5.74) is 2.53. The Morgan fingerprint density at radius 3 is 2.62 bits per heavy atom. The zero-order chi connectivity index (χ0) is 15.6. The fraction of sp³-hybridized carbons (Fsp3) is 0.333. The van der Waals surface area contributed by atoms with Gasteiger partial charge in [0, 0.05) is 21.6 Å². The molecular formula is C15H15Br2ClN2O. The second-order valence-electron chi connectivity index (χ2n) is 4.60. The standard InChI is InChI=1S/C15H15Br2ClN2O/c1-3-12-15(17)13(20(4-2)19-12)8-14(21)10-6-5-9(18)7-11(10)16/h5-7H,3-4,8H2,1-2H3. The average molecular weight is 435 g/mol. The Balaban J connectivity index is 2.33. The van der Waals surface area contributed by atoms with E-state index in [-0.39, 0.29) is 5.78 Å². The third-order valence-electron chi connectivity index (χ3n) is 3.25. The summed E-state index contributed by atoms with van der Waals surface area (Å²) in [6.07, 6.45) is 1.14. The number of hydrogen-bond acceptors (Lipinski definition) is 2. The van der Waals surface area contributed by atoms with Gasteiger partial charge in [-0.3, -0.25) is 9.48 Å². The van der Waals surface area contributed by atoms with E-state index in [9.17, 15) is 4.79 Å². The van der Waals surface area contributed by atoms with Crippen molar-refractivity contribution in [3.05, 3.63) is 49.1 Å². The molecule has 1 heterocycles. The number of halogens is 3. The van der Waals surface area contributed by atoms with Crippen LogP contribution in [0.1, 0.15) is 35.6 Å². The monoisotopic (exact) mass is 432 g/mol. The number of carbonyl (C=O) groups excluding carboxylic acids is 1. The lowest BCUT2D eigenvalue weighted by Crippen LogP contribution is -2.10. The Bertz CT molecular complexity index is 683. The number of carbonyl (C=O) groups is 1. The van der Waals surface area contributed by atoms with Gasteiger partial charge in [-0.05, 0) is 63.4 Å². The molecule has 0 aliphatic carbocycles. The highest BCUT2D eigenvalue weighted by atomic mass is 79.9. The minimum Gasteiger partial charge on any atom is -0.294 e. The number of rotatable bonds is 5. The van der Waals surface area contributed by atoms with Crippen LogP contribution in [-0.4, -0.2) is 15.6 Å². The first-order valence-corrected chi connectivity index (χ1v) is 8.66. The highest BCUT2D eigenvalue weighted by molar-refractivity contribution is 9.10. The summed E-state index contributed by atoms with van der Waals surface area (Å²) in [5, 5.41) is 5.12. The Kier molecular flexibility index (Phi) is 5.63. The van der Waals surface area contributed by atoms with Gasteiger partial charge in [-0.25, -0.2) is 0 Å². The normalized spacial score (nSPS) is 10.9. The quantitative estimate of drug-likeness (QED) is 0.616. The maximum absolute atomic E-state index is 12.5. The zero-order valence-corrected chi connectivity index (χ0v) is 15.7. The van der Waals surface area contributed by atoms with E-state index in [0.717, 1.165) is 33.3 Å². The molecule has 0 fully saturated rings. The van der Waals surface area contributed by atoms with Crippen LogP contribution < -0.4 is 0 Å². The summed E-state index contributed by atoms with van der Waals surface area (Å²) in [4.78, 5) is 12.5. The van der Waals surface area contributed by atoms with E-state index in [1.165, 1.54) is 0 Å². The largest absolute Gasteiger partial charge is 0.294 e. The summed E-state index contributed by atoms with van der Waals surface area (Å²) in [6.45, 7) is 4.81. The Labute approximate surface area is 145 Å². The van der Waals surface area contributed by atoms with E-state index >= 15 is 0 Å². The minimum atomic E-state index is 0.0384. The highest BCUT2D eigenvalue weighted by Gasteiger charge is 2.19. The molecule has 0 unspecified atom stereocenters. The van der Waals surface area contributed by atoms with Gasteiger partial charge >= 0.3 is 0 Å². The first-order valence-electron chi connectivity index (χ1n) is 6.70. The average Bonchev–Trinajstić information content (AvgIpc) is 2.75. The molecule has 21 heavy (non-hydrogen) atoms. The van der Waals surface area contributed by atoms with Crippen LogP contribution in [0.3, 0.4) is 0 Å². The molecule has 0 amide bonds. The molecule has 0 atom stereocenters. The van der Waals surface area contributed by atoms with Gasteiger partial charge in [-0.15, -0.1) is 0 Å². The molecule has 2 rings (SSSR count). The van der Waals surface area contributed by atoms with Gasteiger partial charge in [0.25, 0.3) is 0 Å². The van der Waals surface area contributed by atoms with E-state index in [1.807, 2.05) is 11.6 Å². The van der Waals surface area contributed by atoms with Crippen LogP contribution in [0.15, 0.2) is 27.1 Å². The molecule has 0 saturated heterocycles. The molecule has 3 nitrogen and oxygen atoms in total. The summed E-state index contributed by atoms with van der Waals surface area (Å²) >= 11 is 12.9. The minimum absolute atomic E-state index is 0.0384. The van der Waals surface area contributed by atoms with Crippen LogP contribution in [0, 0.1) is 0 Å². The number of aryl methyl sites for hydroxylation is 2. The predicted octanol–water partition coefficient (Wildman–Crippen LogP) is 5.07. The van der Waals surface area contributed by atoms with Gasteiger partial charge in [0.2, 0.25) is 0 Å². The maximum atomic E-state index is 12.5. The molecule has 112 valence electrons. The molecule has 1 aromatic carbocycles. The smallest absolute Gasteiger partial charge is 0.169 e. The topological polar surface area (TPSA) is 34.9 Å². The van der Waals surface area contributed by atoms with Crippen molar-refractivity contribution in [2.24, 2.45) is 0 Å². The molecule has 6 heteroatoms. The molecule has 0 radical (unpaired) electrons. The Morgan fingerprint density at radius 1 is 1.33 bits per heavy atom. The van der Waals surface area contributed by atoms with Crippen LogP contribution in [0.2, 0.25) is 5.02 Å². The zero-order valence-electron chi connectivity index (χ0n) is 11.8. The first-order chi connectivity index (χ1) is 9.97. The highest BCUT2D eigenvalue weighted by Crippen LogP contribution is 2.26. The number of benzene rings is 1. The molecule has 2 aromatic rings. The van der Waals surface area contributed by atoms with Gasteiger partial charge < -0.3 is 0 Å². The summed E-state index contributed by atoms with van der Waals surface area (Å²) in [7, 11) is 0. The molecule has 0 aliphatic rings. The number of hydrogen-bond donors (Lipinski definition) is 0. The van der Waals surface area contributed by atoms with Crippen molar-refractivity contribution >= 4 is 49.2 Å². The number of aromatic nitrogens is 2. The molecular weight excluding hydrogens is 419 g/mol. The third kappa shape index (κ3) is 3.58. The lowest BCUT2D eigenvalue weighted by Gasteiger charge is -2.07. The van der Waals surface area contributed by atoms with Crippen molar-refractivity contribution < 1.29 is 4.79 Å². The lowest BCUT2D eigenvalue weighted by atomic mass is 10.1. The van der Waals surface area contributed by atoms with E-state index in [1.54, 1.807) is 18.2 Å². The predicted molar refractivity (Wildman–Crippen MR) is 92.2 cm³/mol. The molecule has 0 bridgehead atoms. The van der Waals surface area contributed by atoms with Crippen LogP contribution in [0.4, 0.5) is 0 Å². The third-order valence-corrected chi connectivity index (χ3v) is 5.06. The SMILES string of the molecule is CCc1nn(CC)c(CC(=O)c2ccc(Cl)cc2Br)c1Br. The van der Waals surface area contributed by atoms with Crippen molar-refractivity contribution in [1.82, 2.24) is 9.78 Å². The maximum Gasteiger partial charge on any atom is 0.169 e. The molecule has 0 saturated carbocycles. The van der Waals surface area contributed by atoms with Crippen LogP contribution in [-0.2, 0) is 19.4 Å². The van der Waals surface area contributed by atoms with Gasteiger partial charge in [0.1, 0.15) is 0 Å². The van der Waals surface area contributed by atoms with Crippen molar-refractivity contribution in [2.45, 2.75) is 33.2 Å². The lowest BCUT2D eigenvalue weighted by molar-refractivity contribution is 0.0989. The second-order valence-corrected chi connectivity index (χ2v) is 6.68. The second kappa shape index (κ2) is 7.07. The Morgan fingerprint density at radius 2 is 2.05 bits per heavy atom. The first kappa shape index (κ1) is 16.7.